The van der Waals surface area contributed by atoms with E-state index in [2.05, 4.69) is 24.0 Å². The molecule has 2 rings (SSSR count). The van der Waals surface area contributed by atoms with Crippen LogP contribution in [0.3, 0.4) is 0 Å². The van der Waals surface area contributed by atoms with Gasteiger partial charge in [0, 0.05) is 5.69 Å². The molecule has 0 aliphatic heterocycles. The predicted molar refractivity (Wildman–Crippen MR) is 79.2 cm³/mol. The molecule has 2 aromatic rings. The molecule has 0 unspecified atom stereocenters. The van der Waals surface area contributed by atoms with Crippen molar-refractivity contribution >= 4 is 0 Å². The summed E-state index contributed by atoms with van der Waals surface area (Å²) in [6.45, 7) is 9.89. The molecule has 3 heteroatoms. The van der Waals surface area contributed by atoms with Gasteiger partial charge in [-0.05, 0) is 69.0 Å². The van der Waals surface area contributed by atoms with E-state index >= 15 is 0 Å². The highest BCUT2D eigenvalue weighted by Gasteiger charge is 2.13. The minimum absolute atomic E-state index is 0.387. The smallest absolute Gasteiger partial charge is 0.237 e. The number of nitriles is 1. The molecule has 0 spiro atoms. The molecule has 0 aliphatic carbocycles. The molecule has 0 bridgehead atoms. The van der Waals surface area contributed by atoms with Gasteiger partial charge < -0.3 is 4.74 Å². The Balaban J connectivity index is 2.53. The number of hydrogen-bond acceptors (Lipinski definition) is 3. The van der Waals surface area contributed by atoms with Gasteiger partial charge in [0.1, 0.15) is 17.4 Å². The van der Waals surface area contributed by atoms with Crippen molar-refractivity contribution in [2.45, 2.75) is 34.6 Å². The van der Waals surface area contributed by atoms with Crippen molar-refractivity contribution < 1.29 is 4.74 Å². The maximum atomic E-state index is 9.28. The summed E-state index contributed by atoms with van der Waals surface area (Å²) in [5, 5.41) is 9.28. The summed E-state index contributed by atoms with van der Waals surface area (Å²) >= 11 is 0. The highest BCUT2D eigenvalue weighted by molar-refractivity contribution is 5.49. The monoisotopic (exact) mass is 266 g/mol. The molecule has 102 valence electrons. The third-order valence-electron chi connectivity index (χ3n) is 3.39. The first-order chi connectivity index (χ1) is 9.42. The Morgan fingerprint density at radius 3 is 2.35 bits per heavy atom. The zero-order chi connectivity index (χ0) is 14.9. The summed E-state index contributed by atoms with van der Waals surface area (Å²) in [5.41, 5.74) is 5.60. The normalized spacial score (nSPS) is 10.2. The second-order valence-electron chi connectivity index (χ2n) is 5.18. The van der Waals surface area contributed by atoms with E-state index in [9.17, 15) is 5.26 Å². The molecule has 0 saturated heterocycles. The highest BCUT2D eigenvalue weighted by atomic mass is 16.5. The molecule has 0 fully saturated rings. The molecule has 0 aliphatic rings. The fourth-order valence-corrected chi connectivity index (χ4v) is 2.22. The molecule has 0 radical (unpaired) electrons. The zero-order valence-corrected chi connectivity index (χ0v) is 12.5. The molecule has 3 nitrogen and oxygen atoms in total. The van der Waals surface area contributed by atoms with Crippen LogP contribution >= 0.6 is 0 Å². The van der Waals surface area contributed by atoms with Crippen LogP contribution in [0.4, 0.5) is 0 Å². The molecular formula is C17H18N2O. The fourth-order valence-electron chi connectivity index (χ4n) is 2.22. The molecule has 0 N–H and O–H groups in total. The average molecular weight is 266 g/mol. The number of benzene rings is 1. The molecule has 0 saturated carbocycles. The topological polar surface area (TPSA) is 45.9 Å². The SMILES string of the molecule is Cc1cc(C)c(C)c(Oc2nc(C)cc(C)c2C#N)c1. The van der Waals surface area contributed by atoms with Crippen LogP contribution in [0, 0.1) is 45.9 Å². The van der Waals surface area contributed by atoms with Gasteiger partial charge in [0.05, 0.1) is 0 Å². The molecular weight excluding hydrogens is 248 g/mol. The first kappa shape index (κ1) is 14.1. The minimum Gasteiger partial charge on any atom is -0.437 e. The molecule has 0 amide bonds. The Morgan fingerprint density at radius 1 is 1.00 bits per heavy atom. The number of nitrogens with zero attached hydrogens (tertiary/aromatic N) is 2. The number of rotatable bonds is 2. The lowest BCUT2D eigenvalue weighted by Crippen LogP contribution is -1.99. The van der Waals surface area contributed by atoms with E-state index in [0.717, 1.165) is 28.1 Å². The first-order valence-electron chi connectivity index (χ1n) is 6.56. The van der Waals surface area contributed by atoms with E-state index in [1.54, 1.807) is 0 Å². The Hall–Kier alpha value is -2.34. The maximum Gasteiger partial charge on any atom is 0.237 e. The second-order valence-corrected chi connectivity index (χ2v) is 5.18. The van der Waals surface area contributed by atoms with Crippen molar-refractivity contribution in [3.05, 3.63) is 51.7 Å². The number of aromatic nitrogens is 1. The Bertz CT molecular complexity index is 712. The van der Waals surface area contributed by atoms with Gasteiger partial charge in [0.2, 0.25) is 5.88 Å². The van der Waals surface area contributed by atoms with Crippen LogP contribution in [-0.4, -0.2) is 4.98 Å². The average Bonchev–Trinajstić information content (AvgIpc) is 2.35. The van der Waals surface area contributed by atoms with Gasteiger partial charge in [-0.25, -0.2) is 4.98 Å². The second kappa shape index (κ2) is 5.34. The number of aryl methyl sites for hydroxylation is 4. The zero-order valence-electron chi connectivity index (χ0n) is 12.5. The van der Waals surface area contributed by atoms with Gasteiger partial charge in [-0.3, -0.25) is 0 Å². The van der Waals surface area contributed by atoms with Crippen molar-refractivity contribution in [2.24, 2.45) is 0 Å². The lowest BCUT2D eigenvalue weighted by molar-refractivity contribution is 0.455. The summed E-state index contributed by atoms with van der Waals surface area (Å²) < 4.78 is 5.92. The maximum absolute atomic E-state index is 9.28. The van der Waals surface area contributed by atoms with E-state index in [-0.39, 0.29) is 0 Å². The molecule has 1 aromatic carbocycles. The van der Waals surface area contributed by atoms with Crippen LogP contribution in [0.2, 0.25) is 0 Å². The fraction of sp³-hybridized carbons (Fsp3) is 0.294. The predicted octanol–water partition coefficient (Wildman–Crippen LogP) is 4.29. The molecule has 1 aromatic heterocycles. The number of hydrogen-bond donors (Lipinski definition) is 0. The Kier molecular flexibility index (Phi) is 3.76. The van der Waals surface area contributed by atoms with E-state index in [1.807, 2.05) is 39.8 Å². The van der Waals surface area contributed by atoms with Gasteiger partial charge in [-0.15, -0.1) is 0 Å². The van der Waals surface area contributed by atoms with E-state index < -0.39 is 0 Å². The number of ether oxygens (including phenoxy) is 1. The van der Waals surface area contributed by atoms with Gasteiger partial charge >= 0.3 is 0 Å². The van der Waals surface area contributed by atoms with E-state index in [1.165, 1.54) is 5.56 Å². The summed E-state index contributed by atoms with van der Waals surface area (Å²) in [6.07, 6.45) is 0. The highest BCUT2D eigenvalue weighted by Crippen LogP contribution is 2.30. The summed E-state index contributed by atoms with van der Waals surface area (Å²) in [5.74, 6) is 1.15. The summed E-state index contributed by atoms with van der Waals surface area (Å²) in [4.78, 5) is 4.36. The van der Waals surface area contributed by atoms with Crippen molar-refractivity contribution in [1.29, 1.82) is 5.26 Å². The Labute approximate surface area is 119 Å². The van der Waals surface area contributed by atoms with Crippen molar-refractivity contribution in [3.8, 4) is 17.7 Å². The van der Waals surface area contributed by atoms with Crippen LogP contribution < -0.4 is 4.74 Å². The lowest BCUT2D eigenvalue weighted by Gasteiger charge is -2.13. The van der Waals surface area contributed by atoms with Crippen LogP contribution in [0.25, 0.3) is 0 Å². The van der Waals surface area contributed by atoms with E-state index in [4.69, 9.17) is 4.74 Å². The van der Waals surface area contributed by atoms with Gasteiger partial charge in [-0.2, -0.15) is 5.26 Å². The van der Waals surface area contributed by atoms with Crippen molar-refractivity contribution in [2.75, 3.05) is 0 Å². The van der Waals surface area contributed by atoms with Crippen LogP contribution in [0.5, 0.6) is 11.6 Å². The first-order valence-corrected chi connectivity index (χ1v) is 6.56. The van der Waals surface area contributed by atoms with Crippen LogP contribution in [0.1, 0.15) is 33.5 Å². The van der Waals surface area contributed by atoms with Gasteiger partial charge in [0.15, 0.2) is 0 Å². The number of pyridine rings is 1. The summed E-state index contributed by atoms with van der Waals surface area (Å²) in [6, 6.07) is 8.15. The minimum atomic E-state index is 0.387. The van der Waals surface area contributed by atoms with Crippen LogP contribution in [-0.2, 0) is 0 Å². The molecule has 1 heterocycles. The van der Waals surface area contributed by atoms with Crippen LogP contribution in [0.15, 0.2) is 18.2 Å². The molecule has 0 atom stereocenters. The third kappa shape index (κ3) is 2.65. The van der Waals surface area contributed by atoms with Gasteiger partial charge in [0.25, 0.3) is 0 Å². The van der Waals surface area contributed by atoms with E-state index in [0.29, 0.717) is 11.4 Å². The largest absolute Gasteiger partial charge is 0.437 e. The third-order valence-corrected chi connectivity index (χ3v) is 3.39. The van der Waals surface area contributed by atoms with Gasteiger partial charge in [-0.1, -0.05) is 6.07 Å². The lowest BCUT2D eigenvalue weighted by atomic mass is 10.1. The molecule has 20 heavy (non-hydrogen) atoms. The summed E-state index contributed by atoms with van der Waals surface area (Å²) in [7, 11) is 0. The standard InChI is InChI=1S/C17H18N2O/c1-10-6-11(2)14(5)16(7-10)20-17-15(9-18)12(3)8-13(4)19-17/h6-8H,1-5H3. The van der Waals surface area contributed by atoms with Crippen molar-refractivity contribution in [3.63, 3.8) is 0 Å². The van der Waals surface area contributed by atoms with Crippen molar-refractivity contribution in [1.82, 2.24) is 4.98 Å². The Morgan fingerprint density at radius 2 is 1.70 bits per heavy atom. The quantitative estimate of drug-likeness (QED) is 0.814.